The van der Waals surface area contributed by atoms with E-state index >= 15 is 0 Å². The van der Waals surface area contributed by atoms with Crippen LogP contribution in [0.2, 0.25) is 0 Å². The number of nitrogens with zero attached hydrogens (tertiary/aromatic N) is 2. The lowest BCUT2D eigenvalue weighted by molar-refractivity contribution is -0.121. The number of carbonyl (C=O) groups is 1. The summed E-state index contributed by atoms with van der Waals surface area (Å²) in [6.07, 6.45) is 2.30. The molecule has 2 rings (SSSR count). The van der Waals surface area contributed by atoms with Crippen LogP contribution in [0.5, 0.6) is 5.75 Å². The normalized spacial score (nSPS) is 16.5. The molecule has 1 saturated heterocycles. The van der Waals surface area contributed by atoms with Crippen LogP contribution in [0.15, 0.2) is 24.3 Å². The number of benzene rings is 1. The third kappa shape index (κ3) is 6.20. The summed E-state index contributed by atoms with van der Waals surface area (Å²) < 4.78 is 5.19. The second kappa shape index (κ2) is 8.89. The first-order chi connectivity index (χ1) is 11.1. The fourth-order valence-electron chi connectivity index (χ4n) is 2.94. The molecule has 1 fully saturated rings. The van der Waals surface area contributed by atoms with Gasteiger partial charge in [0.15, 0.2) is 0 Å². The van der Waals surface area contributed by atoms with Crippen LogP contribution >= 0.6 is 0 Å². The lowest BCUT2D eigenvalue weighted by Crippen LogP contribution is -2.40. The van der Waals surface area contributed by atoms with E-state index in [1.165, 1.54) is 5.56 Å². The van der Waals surface area contributed by atoms with Gasteiger partial charge in [0.2, 0.25) is 5.91 Å². The fourth-order valence-corrected chi connectivity index (χ4v) is 2.94. The van der Waals surface area contributed by atoms with E-state index in [0.717, 1.165) is 44.8 Å². The Bertz CT molecular complexity index is 480. The summed E-state index contributed by atoms with van der Waals surface area (Å²) in [5.74, 6) is 1.63. The van der Waals surface area contributed by atoms with Crippen LogP contribution in [0, 0.1) is 5.92 Å². The molecule has 1 amide bonds. The molecule has 1 N–H and O–H groups in total. The van der Waals surface area contributed by atoms with Crippen molar-refractivity contribution in [3.63, 3.8) is 0 Å². The quantitative estimate of drug-likeness (QED) is 0.829. The van der Waals surface area contributed by atoms with Crippen molar-refractivity contribution in [2.75, 3.05) is 47.4 Å². The third-order valence-electron chi connectivity index (χ3n) is 4.32. The molecule has 1 aliphatic rings. The summed E-state index contributed by atoms with van der Waals surface area (Å²) in [5.41, 5.74) is 1.32. The molecule has 1 aromatic rings. The van der Waals surface area contributed by atoms with Gasteiger partial charge < -0.3 is 15.0 Å². The highest BCUT2D eigenvalue weighted by Crippen LogP contribution is 2.19. The highest BCUT2D eigenvalue weighted by molar-refractivity contribution is 5.77. The van der Waals surface area contributed by atoms with Crippen LogP contribution < -0.4 is 10.1 Å². The second-order valence-electron chi connectivity index (χ2n) is 6.61. The molecule has 0 saturated carbocycles. The minimum absolute atomic E-state index is 0.121. The van der Waals surface area contributed by atoms with Crippen LogP contribution in [0.1, 0.15) is 18.4 Å². The van der Waals surface area contributed by atoms with E-state index in [-0.39, 0.29) is 5.91 Å². The van der Waals surface area contributed by atoms with Crippen LogP contribution in [0.3, 0.4) is 0 Å². The van der Waals surface area contributed by atoms with Crippen LogP contribution in [0.25, 0.3) is 0 Å². The van der Waals surface area contributed by atoms with Crippen LogP contribution in [-0.4, -0.2) is 63.1 Å². The van der Waals surface area contributed by atoms with E-state index in [1.54, 1.807) is 7.11 Å². The zero-order valence-corrected chi connectivity index (χ0v) is 14.5. The average molecular weight is 319 g/mol. The standard InChI is InChI=1S/C18H29N3O2/c1-20(2)14-18(22)19-12-15-8-10-21(11-9-15)13-16-4-6-17(23-3)7-5-16/h4-7,15H,8-14H2,1-3H3,(H,19,22). The Hall–Kier alpha value is -1.59. The Morgan fingerprint density at radius 1 is 1.26 bits per heavy atom. The second-order valence-corrected chi connectivity index (χ2v) is 6.61. The summed E-state index contributed by atoms with van der Waals surface area (Å²) in [6.45, 7) is 4.46. The predicted octanol–water partition coefficient (Wildman–Crippen LogP) is 1.58. The first kappa shape index (κ1) is 17.8. The number of likely N-dealkylation sites (N-methyl/N-ethyl adjacent to an activating group) is 1. The first-order valence-electron chi connectivity index (χ1n) is 8.33. The number of likely N-dealkylation sites (tertiary alicyclic amines) is 1. The number of amides is 1. The molecule has 0 unspecified atom stereocenters. The van der Waals surface area contributed by atoms with Crippen molar-refractivity contribution in [2.24, 2.45) is 5.92 Å². The molecule has 0 atom stereocenters. The number of hydrogen-bond donors (Lipinski definition) is 1. The predicted molar refractivity (Wildman–Crippen MR) is 92.6 cm³/mol. The number of carbonyl (C=O) groups excluding carboxylic acids is 1. The number of methoxy groups -OCH3 is 1. The largest absolute Gasteiger partial charge is 0.497 e. The molecule has 1 aromatic carbocycles. The van der Waals surface area contributed by atoms with Gasteiger partial charge in [0.1, 0.15) is 5.75 Å². The molecule has 1 aliphatic heterocycles. The summed E-state index contributed by atoms with van der Waals surface area (Å²) in [7, 11) is 5.52. The summed E-state index contributed by atoms with van der Waals surface area (Å²) in [4.78, 5) is 16.1. The van der Waals surface area contributed by atoms with Crippen molar-refractivity contribution in [3.05, 3.63) is 29.8 Å². The molecule has 0 spiro atoms. The molecule has 23 heavy (non-hydrogen) atoms. The number of rotatable bonds is 7. The van der Waals surface area contributed by atoms with E-state index in [4.69, 9.17) is 4.74 Å². The molecule has 0 radical (unpaired) electrons. The molecule has 5 nitrogen and oxygen atoms in total. The van der Waals surface area contributed by atoms with Crippen molar-refractivity contribution in [2.45, 2.75) is 19.4 Å². The van der Waals surface area contributed by atoms with Gasteiger partial charge >= 0.3 is 0 Å². The molecule has 0 bridgehead atoms. The van der Waals surface area contributed by atoms with E-state index in [0.29, 0.717) is 12.5 Å². The fraction of sp³-hybridized carbons (Fsp3) is 0.611. The average Bonchev–Trinajstić information content (AvgIpc) is 2.54. The zero-order valence-electron chi connectivity index (χ0n) is 14.5. The van der Waals surface area contributed by atoms with Crippen molar-refractivity contribution in [1.29, 1.82) is 0 Å². The highest BCUT2D eigenvalue weighted by Gasteiger charge is 2.19. The number of piperidine rings is 1. The summed E-state index contributed by atoms with van der Waals surface area (Å²) in [5, 5.41) is 3.05. The van der Waals surface area contributed by atoms with Gasteiger partial charge in [0, 0.05) is 13.1 Å². The third-order valence-corrected chi connectivity index (χ3v) is 4.32. The molecule has 1 heterocycles. The monoisotopic (exact) mass is 319 g/mol. The Kier molecular flexibility index (Phi) is 6.86. The number of hydrogen-bond acceptors (Lipinski definition) is 4. The SMILES string of the molecule is COc1ccc(CN2CCC(CNC(=O)CN(C)C)CC2)cc1. The van der Waals surface area contributed by atoms with Crippen LogP contribution in [0.4, 0.5) is 0 Å². The van der Waals surface area contributed by atoms with Gasteiger partial charge in [-0.1, -0.05) is 12.1 Å². The van der Waals surface area contributed by atoms with E-state index in [1.807, 2.05) is 31.1 Å². The molecular weight excluding hydrogens is 290 g/mol. The molecular formula is C18H29N3O2. The maximum atomic E-state index is 11.7. The molecule has 128 valence electrons. The van der Waals surface area contributed by atoms with Gasteiger partial charge in [-0.2, -0.15) is 0 Å². The van der Waals surface area contributed by atoms with Gasteiger partial charge in [0.25, 0.3) is 0 Å². The number of nitrogens with one attached hydrogen (secondary N) is 1. The lowest BCUT2D eigenvalue weighted by Gasteiger charge is -2.32. The summed E-state index contributed by atoms with van der Waals surface area (Å²) >= 11 is 0. The van der Waals surface area contributed by atoms with E-state index in [2.05, 4.69) is 22.3 Å². The smallest absolute Gasteiger partial charge is 0.234 e. The minimum atomic E-state index is 0.121. The van der Waals surface area contributed by atoms with Gasteiger partial charge in [-0.25, -0.2) is 0 Å². The first-order valence-corrected chi connectivity index (χ1v) is 8.33. The number of ether oxygens (including phenoxy) is 1. The van der Waals surface area contributed by atoms with Gasteiger partial charge in [0.05, 0.1) is 13.7 Å². The van der Waals surface area contributed by atoms with Gasteiger partial charge in [-0.3, -0.25) is 9.69 Å². The molecule has 0 aliphatic carbocycles. The lowest BCUT2D eigenvalue weighted by atomic mass is 9.96. The maximum Gasteiger partial charge on any atom is 0.234 e. The molecule has 0 aromatic heterocycles. The minimum Gasteiger partial charge on any atom is -0.497 e. The Morgan fingerprint density at radius 3 is 2.48 bits per heavy atom. The zero-order chi connectivity index (χ0) is 16.7. The Morgan fingerprint density at radius 2 is 1.91 bits per heavy atom. The Labute approximate surface area is 139 Å². The van der Waals surface area contributed by atoms with Crippen LogP contribution in [-0.2, 0) is 11.3 Å². The maximum absolute atomic E-state index is 11.7. The van der Waals surface area contributed by atoms with Gasteiger partial charge in [-0.15, -0.1) is 0 Å². The van der Waals surface area contributed by atoms with Crippen molar-refractivity contribution < 1.29 is 9.53 Å². The summed E-state index contributed by atoms with van der Waals surface area (Å²) in [6, 6.07) is 8.30. The van der Waals surface area contributed by atoms with Crippen molar-refractivity contribution in [1.82, 2.24) is 15.1 Å². The van der Waals surface area contributed by atoms with E-state index < -0.39 is 0 Å². The topological polar surface area (TPSA) is 44.8 Å². The van der Waals surface area contributed by atoms with Crippen molar-refractivity contribution in [3.8, 4) is 5.75 Å². The highest BCUT2D eigenvalue weighted by atomic mass is 16.5. The Balaban J connectivity index is 1.68. The van der Waals surface area contributed by atoms with E-state index in [9.17, 15) is 4.79 Å². The van der Waals surface area contributed by atoms with Gasteiger partial charge in [-0.05, 0) is 63.6 Å². The van der Waals surface area contributed by atoms with Crippen molar-refractivity contribution >= 4 is 5.91 Å². The molecule has 5 heteroatoms.